The van der Waals surface area contributed by atoms with Gasteiger partial charge in [-0.1, -0.05) is 28.9 Å². The minimum Gasteiger partial charge on any atom is -0.397 e. The number of rotatable bonds is 4. The largest absolute Gasteiger partial charge is 0.397 e. The maximum atomic E-state index is 14.6. The SMILES string of the molecule is CO/N=c1\nc[nH]c2c1c(F)cn2[C@@H]1O[C@H]([C@H](O)c2ccc(Cl)cc2)[C@@H](O)[C@H]1O.Cl. The number of hydrogen-bond donors (Lipinski definition) is 4. The summed E-state index contributed by atoms with van der Waals surface area (Å²) in [5.41, 5.74) is 0.668. The van der Waals surface area contributed by atoms with Gasteiger partial charge in [0.15, 0.2) is 12.0 Å². The molecular weight excluding hydrogens is 442 g/mol. The molecule has 1 aromatic carbocycles. The lowest BCUT2D eigenvalue weighted by Gasteiger charge is -2.21. The number of hydrogen-bond acceptors (Lipinski definition) is 7. The lowest BCUT2D eigenvalue weighted by molar-refractivity contribution is -0.0849. The maximum absolute atomic E-state index is 14.6. The van der Waals surface area contributed by atoms with E-state index in [1.165, 1.54) is 18.0 Å². The topological polar surface area (TPSA) is 125 Å². The molecule has 0 unspecified atom stereocenters. The van der Waals surface area contributed by atoms with Gasteiger partial charge in [0.05, 0.1) is 6.33 Å². The summed E-state index contributed by atoms with van der Waals surface area (Å²) in [4.78, 5) is 11.4. The first kappa shape index (κ1) is 22.5. The molecule has 0 amide bonds. The number of aliphatic hydroxyl groups excluding tert-OH is 3. The van der Waals surface area contributed by atoms with Crippen molar-refractivity contribution < 1.29 is 29.3 Å². The molecule has 3 heterocycles. The molecule has 1 aliphatic heterocycles. The predicted molar refractivity (Wildman–Crippen MR) is 106 cm³/mol. The van der Waals surface area contributed by atoms with Crippen LogP contribution in [-0.4, -0.2) is 55.3 Å². The highest BCUT2D eigenvalue weighted by atomic mass is 35.5. The number of aromatic amines is 1. The minimum atomic E-state index is -1.43. The first-order valence-corrected chi connectivity index (χ1v) is 9.06. The van der Waals surface area contributed by atoms with Crippen molar-refractivity contribution in [3.8, 4) is 0 Å². The number of nitrogens with one attached hydrogen (secondary N) is 1. The van der Waals surface area contributed by atoms with Gasteiger partial charge in [0.1, 0.15) is 42.6 Å². The highest BCUT2D eigenvalue weighted by Crippen LogP contribution is 2.37. The normalized spacial score (nSPS) is 25.3. The zero-order valence-electron chi connectivity index (χ0n) is 15.5. The molecule has 30 heavy (non-hydrogen) atoms. The van der Waals surface area contributed by atoms with Gasteiger partial charge in [-0.25, -0.2) is 9.37 Å². The van der Waals surface area contributed by atoms with Crippen molar-refractivity contribution in [2.75, 3.05) is 7.11 Å². The van der Waals surface area contributed by atoms with E-state index in [-0.39, 0.29) is 28.9 Å². The van der Waals surface area contributed by atoms with Crippen molar-refractivity contribution >= 4 is 35.0 Å². The van der Waals surface area contributed by atoms with E-state index in [0.29, 0.717) is 10.6 Å². The molecular formula is C18H19Cl2FN4O5. The minimum absolute atomic E-state index is 0. The third-order valence-electron chi connectivity index (χ3n) is 4.85. The maximum Gasteiger partial charge on any atom is 0.206 e. The van der Waals surface area contributed by atoms with Crippen LogP contribution in [0.1, 0.15) is 17.9 Å². The standard InChI is InChI=1S/C18H18ClFN4O5.ClH/c1-28-23-16-11-10(20)6-24(17(11)22-7-21-16)18-14(27)13(26)15(29-18)12(25)8-2-4-9(19)5-3-8;/h2-7,12-15,18,25-27H,1H3,(H,21,22,23);1H/t12-,13+,14-,15-,18-;/m1./s1. The zero-order valence-corrected chi connectivity index (χ0v) is 17.1. The molecule has 4 N–H and O–H groups in total. The summed E-state index contributed by atoms with van der Waals surface area (Å²) in [6.45, 7) is 0. The molecule has 12 heteroatoms. The van der Waals surface area contributed by atoms with E-state index in [0.717, 1.165) is 6.20 Å². The lowest BCUT2D eigenvalue weighted by Crippen LogP contribution is -2.34. The fourth-order valence-corrected chi connectivity index (χ4v) is 3.58. The molecule has 2 aromatic heterocycles. The Morgan fingerprint density at radius 1 is 1.30 bits per heavy atom. The van der Waals surface area contributed by atoms with Crippen molar-refractivity contribution in [1.29, 1.82) is 0 Å². The summed E-state index contributed by atoms with van der Waals surface area (Å²) in [6, 6.07) is 6.36. The molecule has 0 bridgehead atoms. The number of benzene rings is 1. The zero-order chi connectivity index (χ0) is 20.7. The van der Waals surface area contributed by atoms with Gasteiger partial charge in [-0.2, -0.15) is 0 Å². The van der Waals surface area contributed by atoms with Gasteiger partial charge in [-0.15, -0.1) is 12.4 Å². The molecule has 0 saturated carbocycles. The number of fused-ring (bicyclic) bond motifs is 1. The van der Waals surface area contributed by atoms with Crippen LogP contribution in [-0.2, 0) is 9.57 Å². The molecule has 9 nitrogen and oxygen atoms in total. The first-order chi connectivity index (χ1) is 13.9. The van der Waals surface area contributed by atoms with Gasteiger partial charge in [0.25, 0.3) is 0 Å². The second-order valence-electron chi connectivity index (χ2n) is 6.58. The molecule has 1 fully saturated rings. The van der Waals surface area contributed by atoms with Crippen molar-refractivity contribution in [1.82, 2.24) is 14.5 Å². The molecule has 3 aromatic rings. The van der Waals surface area contributed by atoms with Gasteiger partial charge < -0.3 is 34.4 Å². The van der Waals surface area contributed by atoms with Crippen molar-refractivity contribution in [3.63, 3.8) is 0 Å². The Morgan fingerprint density at radius 2 is 2.00 bits per heavy atom. The number of halogens is 3. The number of nitrogens with zero attached hydrogens (tertiary/aromatic N) is 3. The molecule has 162 valence electrons. The number of aliphatic hydroxyl groups is 3. The van der Waals surface area contributed by atoms with Crippen LogP contribution < -0.4 is 5.49 Å². The number of H-pyrrole nitrogens is 1. The van der Waals surface area contributed by atoms with Gasteiger partial charge >= 0.3 is 0 Å². The molecule has 0 spiro atoms. The predicted octanol–water partition coefficient (Wildman–Crippen LogP) is 1.39. The highest BCUT2D eigenvalue weighted by molar-refractivity contribution is 6.30. The summed E-state index contributed by atoms with van der Waals surface area (Å²) < 4.78 is 21.6. The summed E-state index contributed by atoms with van der Waals surface area (Å²) in [5, 5.41) is 35.8. The molecule has 1 aliphatic rings. The Morgan fingerprint density at radius 3 is 2.67 bits per heavy atom. The summed E-state index contributed by atoms with van der Waals surface area (Å²) >= 11 is 5.86. The summed E-state index contributed by atoms with van der Waals surface area (Å²) in [7, 11) is 1.31. The highest BCUT2D eigenvalue weighted by Gasteiger charge is 2.47. The lowest BCUT2D eigenvalue weighted by atomic mass is 9.99. The van der Waals surface area contributed by atoms with Crippen LogP contribution in [0.25, 0.3) is 11.0 Å². The van der Waals surface area contributed by atoms with Crippen LogP contribution in [0.5, 0.6) is 0 Å². The first-order valence-electron chi connectivity index (χ1n) is 8.68. The molecule has 0 radical (unpaired) electrons. The van der Waals surface area contributed by atoms with Crippen LogP contribution in [0, 0.1) is 5.82 Å². The molecule has 5 atom stereocenters. The monoisotopic (exact) mass is 460 g/mol. The molecule has 4 rings (SSSR count). The molecule has 0 aliphatic carbocycles. The van der Waals surface area contributed by atoms with E-state index in [1.54, 1.807) is 24.3 Å². The average Bonchev–Trinajstić information content (AvgIpc) is 3.20. The third kappa shape index (κ3) is 3.78. The Kier molecular flexibility index (Phi) is 6.65. The Hall–Kier alpha value is -2.21. The van der Waals surface area contributed by atoms with E-state index < -0.39 is 36.5 Å². The van der Waals surface area contributed by atoms with E-state index in [2.05, 4.69) is 20.0 Å². The smallest absolute Gasteiger partial charge is 0.206 e. The van der Waals surface area contributed by atoms with Crippen molar-refractivity contribution in [2.24, 2.45) is 5.16 Å². The number of ether oxygens (including phenoxy) is 1. The molecule has 1 saturated heterocycles. The van der Waals surface area contributed by atoms with Crippen LogP contribution in [0.2, 0.25) is 5.02 Å². The van der Waals surface area contributed by atoms with Gasteiger partial charge in [-0.3, -0.25) is 0 Å². The van der Waals surface area contributed by atoms with Crippen LogP contribution >= 0.6 is 24.0 Å². The average molecular weight is 461 g/mol. The fourth-order valence-electron chi connectivity index (χ4n) is 3.45. The second-order valence-corrected chi connectivity index (χ2v) is 7.01. The van der Waals surface area contributed by atoms with E-state index in [4.69, 9.17) is 16.3 Å². The van der Waals surface area contributed by atoms with Crippen molar-refractivity contribution in [3.05, 3.63) is 58.7 Å². The van der Waals surface area contributed by atoms with Gasteiger partial charge in [0.2, 0.25) is 5.49 Å². The Labute approximate surface area is 180 Å². The van der Waals surface area contributed by atoms with Gasteiger partial charge in [0, 0.05) is 11.2 Å². The second kappa shape index (κ2) is 8.88. The summed E-state index contributed by atoms with van der Waals surface area (Å²) in [6.07, 6.45) is -4.03. The van der Waals surface area contributed by atoms with Gasteiger partial charge in [-0.05, 0) is 17.7 Å². The fraction of sp³-hybridized carbons (Fsp3) is 0.333. The van der Waals surface area contributed by atoms with Crippen LogP contribution in [0.15, 0.2) is 41.9 Å². The van der Waals surface area contributed by atoms with Crippen LogP contribution in [0.4, 0.5) is 4.39 Å². The quantitative estimate of drug-likeness (QED) is 0.436. The summed E-state index contributed by atoms with van der Waals surface area (Å²) in [5.74, 6) is -0.674. The Balaban J connectivity index is 0.00000256. The Bertz CT molecular complexity index is 1090. The van der Waals surface area contributed by atoms with Crippen molar-refractivity contribution in [2.45, 2.75) is 30.6 Å². The van der Waals surface area contributed by atoms with Crippen LogP contribution in [0.3, 0.4) is 0 Å². The van der Waals surface area contributed by atoms with E-state index >= 15 is 0 Å². The van der Waals surface area contributed by atoms with E-state index in [1.807, 2.05) is 0 Å². The van der Waals surface area contributed by atoms with E-state index in [9.17, 15) is 19.7 Å². The number of aromatic nitrogens is 3. The third-order valence-corrected chi connectivity index (χ3v) is 5.10.